The van der Waals surface area contributed by atoms with Crippen molar-refractivity contribution in [3.8, 4) is 0 Å². The van der Waals surface area contributed by atoms with Crippen LogP contribution in [0.15, 0.2) is 0 Å². The van der Waals surface area contributed by atoms with Gasteiger partial charge >= 0.3 is 0 Å². The lowest BCUT2D eigenvalue weighted by Gasteiger charge is -2.48. The Morgan fingerprint density at radius 2 is 2.00 bits per heavy atom. The number of methoxy groups -OCH3 is 1. The summed E-state index contributed by atoms with van der Waals surface area (Å²) in [5.74, 6) is 0.513. The summed E-state index contributed by atoms with van der Waals surface area (Å²) in [6, 6.07) is 0.264. The quantitative estimate of drug-likeness (QED) is 0.746. The van der Waals surface area contributed by atoms with Gasteiger partial charge in [-0.15, -0.1) is 0 Å². The lowest BCUT2D eigenvalue weighted by Crippen LogP contribution is -2.51. The average Bonchev–Trinajstić information content (AvgIpc) is 2.43. The lowest BCUT2D eigenvalue weighted by atomic mass is 9.66. The van der Waals surface area contributed by atoms with Gasteiger partial charge in [-0.1, -0.05) is 27.2 Å². The van der Waals surface area contributed by atoms with Gasteiger partial charge in [0, 0.05) is 26.2 Å². The number of hydrogen-bond donors (Lipinski definition) is 1. The molecular formula is C16H32FNO2. The second-order valence-electron chi connectivity index (χ2n) is 6.70. The van der Waals surface area contributed by atoms with Gasteiger partial charge in [0.2, 0.25) is 0 Å². The maximum Gasteiger partial charge on any atom is 0.102 e. The van der Waals surface area contributed by atoms with E-state index in [0.29, 0.717) is 19.1 Å². The number of hydrogen-bond acceptors (Lipinski definition) is 3. The Labute approximate surface area is 123 Å². The van der Waals surface area contributed by atoms with Crippen LogP contribution in [0.1, 0.15) is 46.5 Å². The molecule has 3 atom stereocenters. The highest BCUT2D eigenvalue weighted by atomic mass is 19.1. The van der Waals surface area contributed by atoms with Crippen molar-refractivity contribution >= 4 is 0 Å². The molecule has 120 valence electrons. The minimum absolute atomic E-state index is 0.229. The average molecular weight is 289 g/mol. The van der Waals surface area contributed by atoms with Gasteiger partial charge < -0.3 is 9.84 Å². The van der Waals surface area contributed by atoms with Gasteiger partial charge in [-0.25, -0.2) is 4.39 Å². The third-order valence-electron chi connectivity index (χ3n) is 5.13. The van der Waals surface area contributed by atoms with E-state index in [-0.39, 0.29) is 24.2 Å². The zero-order valence-electron chi connectivity index (χ0n) is 13.6. The molecule has 0 radical (unpaired) electrons. The standard InChI is InChI=1S/C16H32FNO2/c1-5-16(2,3)14-7-6-13(19)12-15(14)18(9-8-17)10-11-20-4/h13-15,19H,5-12H2,1-4H3. The molecule has 0 spiro atoms. The van der Waals surface area contributed by atoms with Crippen LogP contribution in [-0.2, 0) is 4.74 Å². The number of halogens is 1. The van der Waals surface area contributed by atoms with E-state index in [1.807, 2.05) is 0 Å². The summed E-state index contributed by atoms with van der Waals surface area (Å²) in [4.78, 5) is 2.19. The first-order valence-electron chi connectivity index (χ1n) is 7.93. The number of alkyl halides is 1. The highest BCUT2D eigenvalue weighted by molar-refractivity contribution is 4.93. The molecule has 0 aromatic carbocycles. The van der Waals surface area contributed by atoms with Crippen molar-refractivity contribution in [2.24, 2.45) is 11.3 Å². The molecule has 0 bridgehead atoms. The maximum atomic E-state index is 12.9. The van der Waals surface area contributed by atoms with Crippen molar-refractivity contribution in [3.63, 3.8) is 0 Å². The summed E-state index contributed by atoms with van der Waals surface area (Å²) in [6.07, 6.45) is 3.53. The Kier molecular flexibility index (Phi) is 7.41. The van der Waals surface area contributed by atoms with Crippen molar-refractivity contribution in [2.75, 3.05) is 33.5 Å². The van der Waals surface area contributed by atoms with E-state index < -0.39 is 0 Å². The van der Waals surface area contributed by atoms with Gasteiger partial charge in [0.1, 0.15) is 6.67 Å². The molecule has 0 heterocycles. The highest BCUT2D eigenvalue weighted by Gasteiger charge is 2.40. The van der Waals surface area contributed by atoms with E-state index in [2.05, 4.69) is 25.7 Å². The second-order valence-corrected chi connectivity index (χ2v) is 6.70. The largest absolute Gasteiger partial charge is 0.393 e. The van der Waals surface area contributed by atoms with Crippen LogP contribution in [0.2, 0.25) is 0 Å². The predicted molar refractivity (Wildman–Crippen MR) is 80.6 cm³/mol. The van der Waals surface area contributed by atoms with Crippen LogP contribution < -0.4 is 0 Å². The summed E-state index contributed by atoms with van der Waals surface area (Å²) in [5.41, 5.74) is 0.229. The van der Waals surface area contributed by atoms with Crippen LogP contribution in [0.5, 0.6) is 0 Å². The van der Waals surface area contributed by atoms with E-state index >= 15 is 0 Å². The predicted octanol–water partition coefficient (Wildman–Crippen LogP) is 2.87. The monoisotopic (exact) mass is 289 g/mol. The lowest BCUT2D eigenvalue weighted by molar-refractivity contribution is -0.0264. The van der Waals surface area contributed by atoms with Gasteiger partial charge in [-0.3, -0.25) is 4.90 Å². The summed E-state index contributed by atoms with van der Waals surface area (Å²) >= 11 is 0. The van der Waals surface area contributed by atoms with Crippen LogP contribution in [0.4, 0.5) is 4.39 Å². The third kappa shape index (κ3) is 4.68. The fourth-order valence-electron chi connectivity index (χ4n) is 3.46. The minimum Gasteiger partial charge on any atom is -0.393 e. The van der Waals surface area contributed by atoms with Crippen LogP contribution in [-0.4, -0.2) is 55.6 Å². The van der Waals surface area contributed by atoms with E-state index in [1.165, 1.54) is 0 Å². The normalized spacial score (nSPS) is 28.1. The first-order chi connectivity index (χ1) is 9.46. The SMILES string of the molecule is CCC(C)(C)C1CCC(O)CC1N(CCF)CCOC. The number of aliphatic hydroxyl groups is 1. The summed E-state index contributed by atoms with van der Waals surface area (Å²) < 4.78 is 18.0. The van der Waals surface area contributed by atoms with Crippen molar-refractivity contribution in [1.82, 2.24) is 4.90 Å². The second kappa shape index (κ2) is 8.30. The molecule has 1 aliphatic rings. The highest BCUT2D eigenvalue weighted by Crippen LogP contribution is 2.42. The van der Waals surface area contributed by atoms with Gasteiger partial charge in [0.05, 0.1) is 12.7 Å². The molecule has 1 aliphatic carbocycles. The Bertz CT molecular complexity index is 273. The molecule has 3 unspecified atom stereocenters. The topological polar surface area (TPSA) is 32.7 Å². The smallest absolute Gasteiger partial charge is 0.102 e. The van der Waals surface area contributed by atoms with Crippen LogP contribution in [0.25, 0.3) is 0 Å². The molecule has 0 aromatic rings. The third-order valence-corrected chi connectivity index (χ3v) is 5.13. The summed E-state index contributed by atoms with van der Waals surface area (Å²) in [5, 5.41) is 10.0. The number of nitrogens with zero attached hydrogens (tertiary/aromatic N) is 1. The van der Waals surface area contributed by atoms with Crippen molar-refractivity contribution in [2.45, 2.75) is 58.6 Å². The maximum absolute atomic E-state index is 12.9. The van der Waals surface area contributed by atoms with E-state index in [0.717, 1.165) is 32.2 Å². The molecular weight excluding hydrogens is 257 g/mol. The molecule has 0 amide bonds. The Hall–Kier alpha value is -0.190. The van der Waals surface area contributed by atoms with E-state index in [1.54, 1.807) is 7.11 Å². The molecule has 3 nitrogen and oxygen atoms in total. The zero-order chi connectivity index (χ0) is 15.2. The molecule has 0 aromatic heterocycles. The molecule has 1 fully saturated rings. The molecule has 0 saturated heterocycles. The Balaban J connectivity index is 2.85. The van der Waals surface area contributed by atoms with Gasteiger partial charge in [-0.2, -0.15) is 0 Å². The Morgan fingerprint density at radius 1 is 1.30 bits per heavy atom. The molecule has 0 aliphatic heterocycles. The molecule has 4 heteroatoms. The van der Waals surface area contributed by atoms with Crippen molar-refractivity contribution < 1.29 is 14.2 Å². The molecule has 1 saturated carbocycles. The van der Waals surface area contributed by atoms with Gasteiger partial charge in [0.15, 0.2) is 0 Å². The summed E-state index contributed by atoms with van der Waals surface area (Å²) in [7, 11) is 1.68. The Morgan fingerprint density at radius 3 is 2.55 bits per heavy atom. The molecule has 1 rings (SSSR count). The van der Waals surface area contributed by atoms with Crippen molar-refractivity contribution in [3.05, 3.63) is 0 Å². The fraction of sp³-hybridized carbons (Fsp3) is 1.00. The number of rotatable bonds is 8. The van der Waals surface area contributed by atoms with E-state index in [4.69, 9.17) is 4.74 Å². The van der Waals surface area contributed by atoms with Gasteiger partial charge in [0.25, 0.3) is 0 Å². The zero-order valence-corrected chi connectivity index (χ0v) is 13.6. The fourth-order valence-corrected chi connectivity index (χ4v) is 3.46. The number of ether oxygens (including phenoxy) is 1. The van der Waals surface area contributed by atoms with E-state index in [9.17, 15) is 9.50 Å². The molecule has 20 heavy (non-hydrogen) atoms. The van der Waals surface area contributed by atoms with Crippen LogP contribution >= 0.6 is 0 Å². The summed E-state index contributed by atoms with van der Waals surface area (Å²) in [6.45, 7) is 8.28. The minimum atomic E-state index is -0.338. The van der Waals surface area contributed by atoms with Crippen molar-refractivity contribution in [1.29, 1.82) is 0 Å². The van der Waals surface area contributed by atoms with Crippen LogP contribution in [0, 0.1) is 11.3 Å². The van der Waals surface area contributed by atoms with Crippen LogP contribution in [0.3, 0.4) is 0 Å². The number of aliphatic hydroxyl groups excluding tert-OH is 1. The van der Waals surface area contributed by atoms with Gasteiger partial charge in [-0.05, 0) is 30.6 Å². The first kappa shape index (κ1) is 17.9. The first-order valence-corrected chi connectivity index (χ1v) is 7.93. The molecule has 1 N–H and O–H groups in total.